The Balaban J connectivity index is 2.17. The van der Waals surface area contributed by atoms with E-state index in [9.17, 15) is 4.79 Å². The van der Waals surface area contributed by atoms with Crippen LogP contribution in [0.3, 0.4) is 0 Å². The van der Waals surface area contributed by atoms with Crippen molar-refractivity contribution in [1.82, 2.24) is 15.6 Å². The maximum atomic E-state index is 11.5. The van der Waals surface area contributed by atoms with Gasteiger partial charge in [-0.15, -0.1) is 0 Å². The minimum absolute atomic E-state index is 0.0403. The number of nitrogens with one attached hydrogen (secondary N) is 2. The fraction of sp³-hybridized carbons (Fsp3) is 0.500. The van der Waals surface area contributed by atoms with Crippen LogP contribution in [0.1, 0.15) is 19.4 Å². The predicted molar refractivity (Wildman–Crippen MR) is 64.1 cm³/mol. The molecule has 0 aliphatic carbocycles. The molecule has 0 aromatic carbocycles. The molecule has 0 atom stereocenters. The van der Waals surface area contributed by atoms with Gasteiger partial charge in [-0.1, -0.05) is 19.9 Å². The van der Waals surface area contributed by atoms with Gasteiger partial charge in [-0.25, -0.2) is 0 Å². The second-order valence-electron chi connectivity index (χ2n) is 4.00. The Morgan fingerprint density at radius 2 is 2.25 bits per heavy atom. The number of amides is 1. The van der Waals surface area contributed by atoms with Crippen LogP contribution < -0.4 is 10.6 Å². The lowest BCUT2D eigenvalue weighted by atomic mass is 10.2. The molecule has 0 saturated carbocycles. The summed E-state index contributed by atoms with van der Waals surface area (Å²) in [4.78, 5) is 15.5. The zero-order valence-corrected chi connectivity index (χ0v) is 9.86. The van der Waals surface area contributed by atoms with E-state index in [1.54, 1.807) is 12.4 Å². The lowest BCUT2D eigenvalue weighted by Crippen LogP contribution is -2.35. The van der Waals surface area contributed by atoms with Gasteiger partial charge < -0.3 is 10.6 Å². The summed E-state index contributed by atoms with van der Waals surface area (Å²) >= 11 is 0. The molecule has 1 aromatic heterocycles. The Morgan fingerprint density at radius 3 is 2.88 bits per heavy atom. The summed E-state index contributed by atoms with van der Waals surface area (Å²) in [6.45, 7) is 5.63. The highest BCUT2D eigenvalue weighted by atomic mass is 16.1. The van der Waals surface area contributed by atoms with Crippen LogP contribution in [0.4, 0.5) is 0 Å². The first kappa shape index (κ1) is 12.6. The zero-order valence-electron chi connectivity index (χ0n) is 9.86. The topological polar surface area (TPSA) is 54.0 Å². The summed E-state index contributed by atoms with van der Waals surface area (Å²) in [7, 11) is 0. The van der Waals surface area contributed by atoms with Crippen LogP contribution in [-0.2, 0) is 11.2 Å². The fourth-order valence-corrected chi connectivity index (χ4v) is 1.31. The van der Waals surface area contributed by atoms with Crippen LogP contribution in [0.25, 0.3) is 0 Å². The molecule has 1 amide bonds. The van der Waals surface area contributed by atoms with Gasteiger partial charge in [0.1, 0.15) is 0 Å². The summed E-state index contributed by atoms with van der Waals surface area (Å²) in [5, 5.41) is 6.09. The first-order chi connectivity index (χ1) is 7.68. The lowest BCUT2D eigenvalue weighted by Gasteiger charge is -2.08. The Labute approximate surface area is 96.5 Å². The van der Waals surface area contributed by atoms with E-state index in [2.05, 4.69) is 29.5 Å². The second-order valence-corrected chi connectivity index (χ2v) is 4.00. The van der Waals surface area contributed by atoms with E-state index >= 15 is 0 Å². The molecule has 0 fully saturated rings. The Hall–Kier alpha value is -1.42. The number of nitrogens with zero attached hydrogens (tertiary/aromatic N) is 1. The van der Waals surface area contributed by atoms with Crippen molar-refractivity contribution in [2.45, 2.75) is 26.3 Å². The van der Waals surface area contributed by atoms with E-state index in [0.717, 1.165) is 12.1 Å². The molecule has 4 heteroatoms. The predicted octanol–water partition coefficient (Wildman–Crippen LogP) is 0.738. The number of pyridine rings is 1. The molecule has 0 bridgehead atoms. The van der Waals surface area contributed by atoms with Gasteiger partial charge >= 0.3 is 0 Å². The molecule has 0 unspecified atom stereocenters. The number of rotatable bonds is 6. The van der Waals surface area contributed by atoms with E-state index in [-0.39, 0.29) is 5.91 Å². The third kappa shape index (κ3) is 5.46. The fourth-order valence-electron chi connectivity index (χ4n) is 1.31. The molecule has 1 aromatic rings. The maximum absolute atomic E-state index is 11.5. The zero-order chi connectivity index (χ0) is 11.8. The number of aromatic nitrogens is 1. The van der Waals surface area contributed by atoms with Crippen molar-refractivity contribution in [3.05, 3.63) is 30.1 Å². The van der Waals surface area contributed by atoms with Gasteiger partial charge in [0.15, 0.2) is 0 Å². The number of carbonyl (C=O) groups is 1. The van der Waals surface area contributed by atoms with E-state index in [1.807, 2.05) is 12.1 Å². The number of carbonyl (C=O) groups excluding carboxylic acids is 1. The van der Waals surface area contributed by atoms with Crippen molar-refractivity contribution in [1.29, 1.82) is 0 Å². The molecular formula is C12H19N3O. The highest BCUT2D eigenvalue weighted by Gasteiger charge is 2.02. The third-order valence-corrected chi connectivity index (χ3v) is 2.09. The summed E-state index contributed by atoms with van der Waals surface area (Å²) in [6.07, 6.45) is 3.81. The summed E-state index contributed by atoms with van der Waals surface area (Å²) < 4.78 is 0. The van der Waals surface area contributed by atoms with Gasteiger partial charge in [-0.2, -0.15) is 0 Å². The molecule has 2 N–H and O–H groups in total. The molecule has 1 rings (SSSR count). The van der Waals surface area contributed by atoms with Crippen molar-refractivity contribution in [3.63, 3.8) is 0 Å². The smallest absolute Gasteiger partial charge is 0.224 e. The first-order valence-corrected chi connectivity index (χ1v) is 5.57. The van der Waals surface area contributed by atoms with E-state index < -0.39 is 0 Å². The van der Waals surface area contributed by atoms with Crippen LogP contribution in [0.15, 0.2) is 24.5 Å². The molecule has 0 aliphatic rings. The van der Waals surface area contributed by atoms with Crippen molar-refractivity contribution in [3.8, 4) is 0 Å². The second kappa shape index (κ2) is 6.95. The van der Waals surface area contributed by atoms with Crippen LogP contribution in [-0.4, -0.2) is 30.0 Å². The van der Waals surface area contributed by atoms with Gasteiger partial charge in [0.2, 0.25) is 5.91 Å². The highest BCUT2D eigenvalue weighted by molar-refractivity contribution is 5.78. The number of hydrogen-bond donors (Lipinski definition) is 2. The van der Waals surface area contributed by atoms with Gasteiger partial charge in [0.25, 0.3) is 0 Å². The molecular weight excluding hydrogens is 202 g/mol. The Morgan fingerprint density at radius 1 is 1.44 bits per heavy atom. The molecule has 88 valence electrons. The first-order valence-electron chi connectivity index (χ1n) is 5.57. The minimum atomic E-state index is 0.0403. The van der Waals surface area contributed by atoms with Crippen LogP contribution >= 0.6 is 0 Å². The quantitative estimate of drug-likeness (QED) is 0.697. The van der Waals surface area contributed by atoms with Gasteiger partial charge in [-0.3, -0.25) is 9.78 Å². The molecule has 0 spiro atoms. The average molecular weight is 221 g/mol. The summed E-state index contributed by atoms with van der Waals surface area (Å²) in [6, 6.07) is 4.19. The van der Waals surface area contributed by atoms with Crippen LogP contribution in [0.5, 0.6) is 0 Å². The third-order valence-electron chi connectivity index (χ3n) is 2.09. The van der Waals surface area contributed by atoms with Crippen LogP contribution in [0.2, 0.25) is 0 Å². The Kier molecular flexibility index (Phi) is 5.50. The Bertz CT molecular complexity index is 311. The van der Waals surface area contributed by atoms with Crippen LogP contribution in [0, 0.1) is 0 Å². The molecule has 16 heavy (non-hydrogen) atoms. The van der Waals surface area contributed by atoms with Crippen molar-refractivity contribution in [2.75, 3.05) is 13.1 Å². The molecule has 4 nitrogen and oxygen atoms in total. The number of hydrogen-bond acceptors (Lipinski definition) is 3. The SMILES string of the molecule is CC(C)NCCNC(=O)Cc1cccnc1. The molecule has 0 aliphatic heterocycles. The summed E-state index contributed by atoms with van der Waals surface area (Å²) in [5.74, 6) is 0.0403. The highest BCUT2D eigenvalue weighted by Crippen LogP contribution is 1.96. The van der Waals surface area contributed by atoms with E-state index in [0.29, 0.717) is 19.0 Å². The largest absolute Gasteiger partial charge is 0.355 e. The van der Waals surface area contributed by atoms with Gasteiger partial charge in [0, 0.05) is 31.5 Å². The standard InChI is InChI=1S/C12H19N3O/c1-10(2)14-6-7-15-12(16)8-11-4-3-5-13-9-11/h3-5,9-10,14H,6-8H2,1-2H3,(H,15,16). The normalized spacial score (nSPS) is 10.4. The minimum Gasteiger partial charge on any atom is -0.355 e. The average Bonchev–Trinajstić information content (AvgIpc) is 2.25. The molecule has 1 heterocycles. The monoisotopic (exact) mass is 221 g/mol. The maximum Gasteiger partial charge on any atom is 0.224 e. The lowest BCUT2D eigenvalue weighted by molar-refractivity contribution is -0.120. The van der Waals surface area contributed by atoms with Crippen molar-refractivity contribution in [2.24, 2.45) is 0 Å². The van der Waals surface area contributed by atoms with Crippen molar-refractivity contribution < 1.29 is 4.79 Å². The van der Waals surface area contributed by atoms with Gasteiger partial charge in [0.05, 0.1) is 6.42 Å². The van der Waals surface area contributed by atoms with E-state index in [1.165, 1.54) is 0 Å². The van der Waals surface area contributed by atoms with Crippen molar-refractivity contribution >= 4 is 5.91 Å². The van der Waals surface area contributed by atoms with E-state index in [4.69, 9.17) is 0 Å². The molecule has 0 saturated heterocycles. The summed E-state index contributed by atoms with van der Waals surface area (Å²) in [5.41, 5.74) is 0.941. The van der Waals surface area contributed by atoms with Gasteiger partial charge in [-0.05, 0) is 11.6 Å². The molecule has 0 radical (unpaired) electrons.